The largest absolute Gasteiger partial charge is 0.475 e. The quantitative estimate of drug-likeness (QED) is 0.521. The molecule has 10 heteroatoms. The molecule has 4 bridgehead atoms. The van der Waals surface area contributed by atoms with Crippen LogP contribution in [0.25, 0.3) is 11.3 Å². The maximum absolute atomic E-state index is 13.8. The molecule has 2 aromatic carbocycles. The van der Waals surface area contributed by atoms with Crippen molar-refractivity contribution in [2.75, 3.05) is 24.8 Å². The van der Waals surface area contributed by atoms with Crippen molar-refractivity contribution in [3.63, 3.8) is 0 Å². The average molecular weight is 539 g/mol. The summed E-state index contributed by atoms with van der Waals surface area (Å²) in [6, 6.07) is 13.2. The van der Waals surface area contributed by atoms with Gasteiger partial charge in [-0.3, -0.25) is 4.79 Å². The number of aryl methyl sites for hydroxylation is 2. The number of fused-ring (bicyclic) bond motifs is 4. The van der Waals surface area contributed by atoms with Crippen LogP contribution < -0.4 is 14.4 Å². The molecule has 0 spiro atoms. The number of rotatable bonds is 4. The van der Waals surface area contributed by atoms with Crippen molar-refractivity contribution in [3.05, 3.63) is 65.2 Å². The summed E-state index contributed by atoms with van der Waals surface area (Å²) in [5, 5.41) is 3.02. The van der Waals surface area contributed by atoms with Gasteiger partial charge in [0.05, 0.1) is 16.6 Å². The minimum atomic E-state index is -4.20. The number of nitrogens with zero attached hydrogens (tertiary/aromatic N) is 3. The number of anilines is 1. The van der Waals surface area contributed by atoms with E-state index in [1.807, 2.05) is 32.0 Å². The Balaban J connectivity index is 1.95. The first-order valence-electron chi connectivity index (χ1n) is 12.4. The SMILES string of the molecule is COCN1c2nc(cc(-c3c(C)cccc3C)n2)OC[C@@H](CC(C)(C)C)NC(=O)c2cccc(c2)S1(=O)=O. The molecule has 0 fully saturated rings. The predicted octanol–water partition coefficient (Wildman–Crippen LogP) is 4.49. The number of sulfonamides is 1. The van der Waals surface area contributed by atoms with Gasteiger partial charge in [0.25, 0.3) is 15.9 Å². The van der Waals surface area contributed by atoms with Crippen LogP contribution in [0.4, 0.5) is 5.95 Å². The number of benzene rings is 2. The van der Waals surface area contributed by atoms with Gasteiger partial charge in [0, 0.05) is 24.3 Å². The number of methoxy groups -OCH3 is 1. The number of aromatic nitrogens is 2. The summed E-state index contributed by atoms with van der Waals surface area (Å²) in [5.74, 6) is -0.271. The summed E-state index contributed by atoms with van der Waals surface area (Å²) in [6.45, 7) is 9.99. The Morgan fingerprint density at radius 2 is 1.76 bits per heavy atom. The molecule has 4 rings (SSSR count). The molecule has 1 aliphatic rings. The third-order valence-electron chi connectivity index (χ3n) is 6.21. The first-order valence-corrected chi connectivity index (χ1v) is 13.8. The van der Waals surface area contributed by atoms with Crippen LogP contribution in [-0.2, 0) is 14.8 Å². The molecule has 38 heavy (non-hydrogen) atoms. The zero-order valence-electron chi connectivity index (χ0n) is 22.6. The fourth-order valence-electron chi connectivity index (χ4n) is 4.57. The molecule has 1 atom stereocenters. The van der Waals surface area contributed by atoms with Gasteiger partial charge in [-0.1, -0.05) is 45.0 Å². The standard InChI is InChI=1S/C28H34N4O5S/c1-18-9-7-10-19(2)25(18)23-14-24-31-27(30-23)32(17-36-6)38(34,35)22-12-8-11-20(13-22)26(33)29-21(16-37-24)15-28(3,4)5/h7-14,21H,15-17H2,1-6H3,(H,29,33)/t21-/m1/s1. The van der Waals surface area contributed by atoms with Crippen LogP contribution in [0, 0.1) is 19.3 Å². The Morgan fingerprint density at radius 1 is 1.08 bits per heavy atom. The number of carbonyl (C=O) groups excluding carboxylic acids is 1. The monoisotopic (exact) mass is 538 g/mol. The van der Waals surface area contributed by atoms with Gasteiger partial charge in [-0.05, 0) is 55.0 Å². The Hall–Kier alpha value is -3.50. The Labute approximate surface area is 224 Å². The van der Waals surface area contributed by atoms with Crippen molar-refractivity contribution in [1.29, 1.82) is 0 Å². The highest BCUT2D eigenvalue weighted by molar-refractivity contribution is 7.92. The lowest BCUT2D eigenvalue weighted by Gasteiger charge is -2.27. The average Bonchev–Trinajstić information content (AvgIpc) is 2.84. The van der Waals surface area contributed by atoms with Crippen molar-refractivity contribution < 1.29 is 22.7 Å². The zero-order chi connectivity index (χ0) is 27.7. The second kappa shape index (κ2) is 10.7. The van der Waals surface area contributed by atoms with E-state index in [1.165, 1.54) is 19.2 Å². The highest BCUT2D eigenvalue weighted by atomic mass is 32.2. The first kappa shape index (κ1) is 27.5. The summed E-state index contributed by atoms with van der Waals surface area (Å²) in [5.41, 5.74) is 3.47. The maximum Gasteiger partial charge on any atom is 0.268 e. The van der Waals surface area contributed by atoms with E-state index in [0.29, 0.717) is 12.1 Å². The molecule has 3 aromatic rings. The van der Waals surface area contributed by atoms with E-state index in [4.69, 9.17) is 9.47 Å². The number of hydrogen-bond donors (Lipinski definition) is 1. The van der Waals surface area contributed by atoms with Gasteiger partial charge in [-0.25, -0.2) is 17.7 Å². The summed E-state index contributed by atoms with van der Waals surface area (Å²) in [4.78, 5) is 22.3. The van der Waals surface area contributed by atoms with Crippen LogP contribution >= 0.6 is 0 Å². The van der Waals surface area contributed by atoms with Crippen molar-refractivity contribution in [2.24, 2.45) is 5.41 Å². The second-order valence-corrected chi connectivity index (χ2v) is 12.6. The van der Waals surface area contributed by atoms with Gasteiger partial charge < -0.3 is 14.8 Å². The van der Waals surface area contributed by atoms with E-state index in [2.05, 4.69) is 36.1 Å². The van der Waals surface area contributed by atoms with Crippen LogP contribution in [0.3, 0.4) is 0 Å². The fourth-order valence-corrected chi connectivity index (χ4v) is 5.89. The van der Waals surface area contributed by atoms with E-state index in [0.717, 1.165) is 21.0 Å². The van der Waals surface area contributed by atoms with E-state index in [-0.39, 0.29) is 53.0 Å². The summed E-state index contributed by atoms with van der Waals surface area (Å²) in [7, 11) is -2.81. The van der Waals surface area contributed by atoms with Gasteiger partial charge in [-0.15, -0.1) is 0 Å². The third-order valence-corrected chi connectivity index (χ3v) is 7.91. The van der Waals surface area contributed by atoms with Crippen molar-refractivity contribution in [1.82, 2.24) is 15.3 Å². The topological polar surface area (TPSA) is 111 Å². The van der Waals surface area contributed by atoms with E-state index in [9.17, 15) is 13.2 Å². The minimum absolute atomic E-state index is 0.0719. The molecule has 1 amide bonds. The van der Waals surface area contributed by atoms with Gasteiger partial charge >= 0.3 is 0 Å². The van der Waals surface area contributed by atoms with Gasteiger partial charge in [0.1, 0.15) is 13.3 Å². The number of hydrogen-bond acceptors (Lipinski definition) is 7. The third kappa shape index (κ3) is 5.97. The molecule has 0 unspecified atom stereocenters. The Morgan fingerprint density at radius 3 is 2.42 bits per heavy atom. The fraction of sp³-hybridized carbons (Fsp3) is 0.393. The number of amides is 1. The van der Waals surface area contributed by atoms with Gasteiger partial charge in [0.2, 0.25) is 11.8 Å². The highest BCUT2D eigenvalue weighted by Gasteiger charge is 2.31. The molecule has 9 nitrogen and oxygen atoms in total. The lowest BCUT2D eigenvalue weighted by atomic mass is 9.88. The lowest BCUT2D eigenvalue weighted by Crippen LogP contribution is -2.41. The lowest BCUT2D eigenvalue weighted by molar-refractivity contribution is 0.0903. The van der Waals surface area contributed by atoms with Crippen LogP contribution in [-0.4, -0.2) is 50.8 Å². The number of ether oxygens (including phenoxy) is 2. The minimum Gasteiger partial charge on any atom is -0.475 e. The van der Waals surface area contributed by atoms with Gasteiger partial charge in [-0.2, -0.15) is 4.98 Å². The van der Waals surface area contributed by atoms with Crippen LogP contribution in [0.5, 0.6) is 5.88 Å². The Bertz CT molecular complexity index is 1430. The van der Waals surface area contributed by atoms with Crippen molar-refractivity contribution in [3.8, 4) is 17.1 Å². The predicted molar refractivity (Wildman–Crippen MR) is 146 cm³/mol. The molecule has 0 saturated heterocycles. The molecule has 1 aromatic heterocycles. The zero-order valence-corrected chi connectivity index (χ0v) is 23.4. The molecule has 0 aliphatic carbocycles. The van der Waals surface area contributed by atoms with E-state index < -0.39 is 10.0 Å². The van der Waals surface area contributed by atoms with Crippen LogP contribution in [0.15, 0.2) is 53.4 Å². The first-order chi connectivity index (χ1) is 17.9. The second-order valence-electron chi connectivity index (χ2n) is 10.7. The Kier molecular flexibility index (Phi) is 7.75. The van der Waals surface area contributed by atoms with Crippen LogP contribution in [0.1, 0.15) is 48.7 Å². The molecule has 2 heterocycles. The molecular weight excluding hydrogens is 504 g/mol. The summed E-state index contributed by atoms with van der Waals surface area (Å²) >= 11 is 0. The molecule has 1 N–H and O–H groups in total. The molecule has 1 aliphatic heterocycles. The summed E-state index contributed by atoms with van der Waals surface area (Å²) < 4.78 is 40.0. The number of nitrogens with one attached hydrogen (secondary N) is 1. The van der Waals surface area contributed by atoms with Gasteiger partial charge in [0.15, 0.2) is 0 Å². The van der Waals surface area contributed by atoms with Crippen molar-refractivity contribution >= 4 is 21.9 Å². The normalized spacial score (nSPS) is 17.5. The van der Waals surface area contributed by atoms with Crippen LogP contribution in [0.2, 0.25) is 0 Å². The highest BCUT2D eigenvalue weighted by Crippen LogP contribution is 2.32. The molecule has 0 saturated carbocycles. The maximum atomic E-state index is 13.8. The number of carbonyl (C=O) groups is 1. The smallest absolute Gasteiger partial charge is 0.268 e. The summed E-state index contributed by atoms with van der Waals surface area (Å²) in [6.07, 6.45) is 0.633. The molecule has 202 valence electrons. The molecule has 0 radical (unpaired) electrons. The molecular formula is C28H34N4O5S. The van der Waals surface area contributed by atoms with E-state index >= 15 is 0 Å². The van der Waals surface area contributed by atoms with E-state index in [1.54, 1.807) is 18.2 Å². The van der Waals surface area contributed by atoms with Crippen molar-refractivity contribution in [2.45, 2.75) is 52.0 Å².